The van der Waals surface area contributed by atoms with Gasteiger partial charge in [0.2, 0.25) is 0 Å². The molecular weight excluding hydrogens is 260 g/mol. The van der Waals surface area contributed by atoms with Gasteiger partial charge in [-0.1, -0.05) is 0 Å². The molecule has 110 valence electrons. The van der Waals surface area contributed by atoms with Crippen molar-refractivity contribution in [2.45, 2.75) is 44.9 Å². The molecule has 1 amide bonds. The Morgan fingerprint density at radius 1 is 1.32 bits per heavy atom. The predicted molar refractivity (Wildman–Crippen MR) is 59.3 cm³/mol. The summed E-state index contributed by atoms with van der Waals surface area (Å²) >= 11 is 0. The van der Waals surface area contributed by atoms with Crippen LogP contribution in [-0.2, 0) is 14.4 Å². The molecule has 0 radical (unpaired) electrons. The van der Waals surface area contributed by atoms with Crippen molar-refractivity contribution in [3.05, 3.63) is 0 Å². The molecule has 1 saturated heterocycles. The molecule has 1 heterocycles. The summed E-state index contributed by atoms with van der Waals surface area (Å²) in [5.41, 5.74) is -0.751. The van der Waals surface area contributed by atoms with Crippen LogP contribution in [0.2, 0.25) is 0 Å². The number of hydrogen-bond donors (Lipinski definition) is 3. The molecule has 1 fully saturated rings. The van der Waals surface area contributed by atoms with Gasteiger partial charge in [-0.25, -0.2) is 14.4 Å². The highest BCUT2D eigenvalue weighted by Crippen LogP contribution is 2.23. The minimum atomic E-state index is -1.21. The number of carboxylic acids is 1. The van der Waals surface area contributed by atoms with Crippen molar-refractivity contribution in [1.82, 2.24) is 10.3 Å². The average molecular weight is 278 g/mol. The van der Waals surface area contributed by atoms with Gasteiger partial charge in [0.25, 0.3) is 0 Å². The lowest BCUT2D eigenvalue weighted by atomic mass is 10.2. The minimum Gasteiger partial charge on any atom is -0.480 e. The van der Waals surface area contributed by atoms with Gasteiger partial charge in [0.15, 0.2) is 0 Å². The molecule has 19 heavy (non-hydrogen) atoms. The van der Waals surface area contributed by atoms with Crippen LogP contribution in [0.4, 0.5) is 4.79 Å². The largest absolute Gasteiger partial charge is 0.480 e. The van der Waals surface area contributed by atoms with E-state index in [4.69, 9.17) is 20.3 Å². The van der Waals surface area contributed by atoms with Gasteiger partial charge in [-0.2, -0.15) is 0 Å². The Kier molecular flexibility index (Phi) is 4.69. The first-order valence-electron chi connectivity index (χ1n) is 5.67. The Morgan fingerprint density at radius 3 is 2.32 bits per heavy atom. The molecule has 0 bridgehead atoms. The average Bonchev–Trinajstić information content (AvgIpc) is 2.57. The molecule has 2 atom stereocenters. The van der Waals surface area contributed by atoms with E-state index >= 15 is 0 Å². The van der Waals surface area contributed by atoms with E-state index in [0.717, 1.165) is 4.90 Å². The number of rotatable bonds is 3. The third kappa shape index (κ3) is 4.63. The number of carbonyl (C=O) groups excluding carboxylic acids is 1. The molecule has 0 spiro atoms. The highest BCUT2D eigenvalue weighted by molar-refractivity contribution is 5.81. The van der Waals surface area contributed by atoms with Crippen LogP contribution in [0.15, 0.2) is 0 Å². The van der Waals surface area contributed by atoms with Gasteiger partial charge in [0.1, 0.15) is 17.7 Å². The molecule has 0 saturated carbocycles. The summed E-state index contributed by atoms with van der Waals surface area (Å²) < 4.78 is 5.08. The lowest BCUT2D eigenvalue weighted by Crippen LogP contribution is -2.43. The fourth-order valence-corrected chi connectivity index (χ4v) is 1.76. The van der Waals surface area contributed by atoms with Crippen LogP contribution in [0.25, 0.3) is 0 Å². The number of likely N-dealkylation sites (tertiary alicyclic amines) is 1. The van der Waals surface area contributed by atoms with Gasteiger partial charge in [-0.3, -0.25) is 15.3 Å². The summed E-state index contributed by atoms with van der Waals surface area (Å²) in [6.07, 6.45) is -1.68. The SMILES string of the molecule is CC(C)(C)OC(=O)N1CC(ON(O)O)C[C@H]1C(=O)O. The Bertz CT molecular complexity index is 352. The van der Waals surface area contributed by atoms with Crippen LogP contribution < -0.4 is 0 Å². The number of aliphatic carboxylic acids is 1. The molecule has 1 aliphatic rings. The zero-order valence-corrected chi connectivity index (χ0v) is 10.9. The molecule has 1 rings (SSSR count). The second-order valence-corrected chi connectivity index (χ2v) is 5.20. The summed E-state index contributed by atoms with van der Waals surface area (Å²) in [6, 6.07) is -1.13. The zero-order valence-electron chi connectivity index (χ0n) is 10.9. The molecular formula is C10H18N2O7. The molecule has 0 aromatic rings. The Balaban J connectivity index is 2.74. The van der Waals surface area contributed by atoms with E-state index in [1.807, 2.05) is 0 Å². The standard InChI is InChI=1S/C10H18N2O7/c1-10(2,3)18-9(15)11-5-6(19-12(16)17)4-7(11)8(13)14/h6-7,16-17H,4-5H2,1-3H3,(H,13,14)/t6?,7-/m0/s1. The number of hydrogen-bond acceptors (Lipinski definition) is 7. The van der Waals surface area contributed by atoms with E-state index in [2.05, 4.69) is 4.84 Å². The van der Waals surface area contributed by atoms with Gasteiger partial charge in [0, 0.05) is 6.42 Å². The van der Waals surface area contributed by atoms with Gasteiger partial charge in [-0.05, 0) is 20.8 Å². The van der Waals surface area contributed by atoms with Crippen LogP contribution in [0.3, 0.4) is 0 Å². The third-order valence-corrected chi connectivity index (χ3v) is 2.42. The summed E-state index contributed by atoms with van der Waals surface area (Å²) in [5, 5.41) is 25.6. The summed E-state index contributed by atoms with van der Waals surface area (Å²) in [6.45, 7) is 4.87. The van der Waals surface area contributed by atoms with E-state index in [0.29, 0.717) is 0 Å². The van der Waals surface area contributed by atoms with Crippen molar-refractivity contribution < 1.29 is 34.7 Å². The number of nitrogens with zero attached hydrogens (tertiary/aromatic N) is 2. The van der Waals surface area contributed by atoms with Crippen molar-refractivity contribution in [1.29, 1.82) is 0 Å². The predicted octanol–water partition coefficient (Wildman–Crippen LogP) is 0.461. The van der Waals surface area contributed by atoms with Crippen LogP contribution >= 0.6 is 0 Å². The maximum atomic E-state index is 11.9. The third-order valence-electron chi connectivity index (χ3n) is 2.42. The van der Waals surface area contributed by atoms with Crippen molar-refractivity contribution in [2.75, 3.05) is 6.54 Å². The molecule has 0 aromatic heterocycles. The molecule has 9 nitrogen and oxygen atoms in total. The Hall–Kier alpha value is -1.42. The van der Waals surface area contributed by atoms with Gasteiger partial charge < -0.3 is 9.84 Å². The van der Waals surface area contributed by atoms with Gasteiger partial charge >= 0.3 is 12.1 Å². The van der Waals surface area contributed by atoms with E-state index in [9.17, 15) is 9.59 Å². The van der Waals surface area contributed by atoms with Crippen LogP contribution in [-0.4, -0.2) is 62.2 Å². The summed E-state index contributed by atoms with van der Waals surface area (Å²) in [5.74, 6) is -1.21. The lowest BCUT2D eigenvalue weighted by molar-refractivity contribution is -0.503. The topological polar surface area (TPSA) is 120 Å². The van der Waals surface area contributed by atoms with Crippen molar-refractivity contribution >= 4 is 12.1 Å². The maximum absolute atomic E-state index is 11.9. The molecule has 3 N–H and O–H groups in total. The number of amides is 1. The summed E-state index contributed by atoms with van der Waals surface area (Å²) in [7, 11) is 0. The first kappa shape index (κ1) is 15.6. The smallest absolute Gasteiger partial charge is 0.411 e. The second-order valence-electron chi connectivity index (χ2n) is 5.20. The Morgan fingerprint density at radius 2 is 1.89 bits per heavy atom. The lowest BCUT2D eigenvalue weighted by Gasteiger charge is -2.26. The fraction of sp³-hybridized carbons (Fsp3) is 0.800. The van der Waals surface area contributed by atoms with E-state index < -0.39 is 35.2 Å². The molecule has 1 unspecified atom stereocenters. The van der Waals surface area contributed by atoms with Crippen molar-refractivity contribution in [3.63, 3.8) is 0 Å². The normalized spacial score (nSPS) is 23.8. The first-order valence-corrected chi connectivity index (χ1v) is 5.67. The maximum Gasteiger partial charge on any atom is 0.411 e. The quantitative estimate of drug-likeness (QED) is 0.637. The zero-order chi connectivity index (χ0) is 14.8. The molecule has 0 aliphatic carbocycles. The van der Waals surface area contributed by atoms with Crippen LogP contribution in [0.5, 0.6) is 0 Å². The van der Waals surface area contributed by atoms with E-state index in [1.165, 1.54) is 0 Å². The number of carboxylic acid groups (broad SMARTS) is 1. The molecule has 0 aromatic carbocycles. The minimum absolute atomic E-state index is 0.0633. The molecule has 1 aliphatic heterocycles. The molecule has 9 heteroatoms. The Labute approximate surface area is 109 Å². The second kappa shape index (κ2) is 5.70. The van der Waals surface area contributed by atoms with Crippen molar-refractivity contribution in [2.24, 2.45) is 0 Å². The first-order chi connectivity index (χ1) is 8.60. The fourth-order valence-electron chi connectivity index (χ4n) is 1.76. The highest BCUT2D eigenvalue weighted by Gasteiger charge is 2.42. The number of ether oxygens (including phenoxy) is 1. The van der Waals surface area contributed by atoms with Gasteiger partial charge in [0.05, 0.1) is 11.9 Å². The van der Waals surface area contributed by atoms with Crippen LogP contribution in [0, 0.1) is 0 Å². The van der Waals surface area contributed by atoms with Crippen LogP contribution in [0.1, 0.15) is 27.2 Å². The van der Waals surface area contributed by atoms with E-state index in [1.54, 1.807) is 20.8 Å². The number of carbonyl (C=O) groups is 2. The summed E-state index contributed by atoms with van der Waals surface area (Å²) in [4.78, 5) is 28.4. The monoisotopic (exact) mass is 278 g/mol. The van der Waals surface area contributed by atoms with Crippen molar-refractivity contribution in [3.8, 4) is 0 Å². The highest BCUT2D eigenvalue weighted by atomic mass is 17.1. The van der Waals surface area contributed by atoms with E-state index in [-0.39, 0.29) is 13.0 Å². The van der Waals surface area contributed by atoms with Gasteiger partial charge in [-0.15, -0.1) is 0 Å².